The van der Waals surface area contributed by atoms with Crippen molar-refractivity contribution >= 4 is 15.9 Å². The summed E-state index contributed by atoms with van der Waals surface area (Å²) in [6.45, 7) is 4.82. The van der Waals surface area contributed by atoms with Crippen LogP contribution in [0.3, 0.4) is 0 Å². The van der Waals surface area contributed by atoms with E-state index in [9.17, 15) is 4.39 Å². The highest BCUT2D eigenvalue weighted by molar-refractivity contribution is 9.10. The largest absolute Gasteiger partial charge is 0.309 e. The van der Waals surface area contributed by atoms with Gasteiger partial charge in [-0.1, -0.05) is 29.8 Å². The molecule has 1 N–H and O–H groups in total. The van der Waals surface area contributed by atoms with Crippen molar-refractivity contribution in [3.63, 3.8) is 0 Å². The Hall–Kier alpha value is -1.33. The Labute approximate surface area is 120 Å². The zero-order valence-corrected chi connectivity index (χ0v) is 12.4. The zero-order chi connectivity index (χ0) is 13.8. The summed E-state index contributed by atoms with van der Waals surface area (Å²) >= 11 is 3.27. The molecule has 0 saturated carbocycles. The van der Waals surface area contributed by atoms with Crippen molar-refractivity contribution in [2.24, 2.45) is 0 Å². The molecular formula is C14H15BrFN3. The Morgan fingerprint density at radius 3 is 2.79 bits per heavy atom. The maximum absolute atomic E-state index is 13.4. The minimum Gasteiger partial charge on any atom is -0.309 e. The molecule has 0 unspecified atom stereocenters. The third-order valence-electron chi connectivity index (χ3n) is 2.53. The Bertz CT molecular complexity index is 552. The van der Waals surface area contributed by atoms with Gasteiger partial charge in [-0.05, 0) is 24.3 Å². The minimum absolute atomic E-state index is 0.307. The van der Waals surface area contributed by atoms with Crippen LogP contribution < -0.4 is 5.32 Å². The topological polar surface area (TPSA) is 37.8 Å². The highest BCUT2D eigenvalue weighted by atomic mass is 79.9. The van der Waals surface area contributed by atoms with Gasteiger partial charge in [0, 0.05) is 28.8 Å². The average Bonchev–Trinajstić information content (AvgIpc) is 2.35. The SMILES string of the molecule is CC(C)NCc1ccnc(-c2cc(F)cc(Br)c2)n1. The third kappa shape index (κ3) is 4.08. The smallest absolute Gasteiger partial charge is 0.159 e. The Morgan fingerprint density at radius 1 is 1.32 bits per heavy atom. The van der Waals surface area contributed by atoms with Crippen LogP contribution in [-0.4, -0.2) is 16.0 Å². The summed E-state index contributed by atoms with van der Waals surface area (Å²) in [5.41, 5.74) is 1.55. The average molecular weight is 324 g/mol. The fraction of sp³-hybridized carbons (Fsp3) is 0.286. The van der Waals surface area contributed by atoms with Crippen molar-refractivity contribution < 1.29 is 4.39 Å². The Kier molecular flexibility index (Phi) is 4.61. The first-order valence-corrected chi connectivity index (χ1v) is 6.85. The molecule has 100 valence electrons. The molecule has 0 radical (unpaired) electrons. The van der Waals surface area contributed by atoms with Gasteiger partial charge in [-0.25, -0.2) is 14.4 Å². The maximum atomic E-state index is 13.4. The van der Waals surface area contributed by atoms with Crippen LogP contribution in [0.1, 0.15) is 19.5 Å². The van der Waals surface area contributed by atoms with E-state index in [4.69, 9.17) is 0 Å². The number of benzene rings is 1. The number of nitrogens with zero attached hydrogens (tertiary/aromatic N) is 2. The molecule has 1 aromatic carbocycles. The Morgan fingerprint density at radius 2 is 2.11 bits per heavy atom. The molecule has 1 heterocycles. The predicted molar refractivity (Wildman–Crippen MR) is 77.1 cm³/mol. The van der Waals surface area contributed by atoms with Crippen LogP contribution in [0.2, 0.25) is 0 Å². The van der Waals surface area contributed by atoms with Crippen molar-refractivity contribution in [2.75, 3.05) is 0 Å². The summed E-state index contributed by atoms with van der Waals surface area (Å²) in [6, 6.07) is 6.89. The fourth-order valence-electron chi connectivity index (χ4n) is 1.63. The second-order valence-corrected chi connectivity index (χ2v) is 5.48. The highest BCUT2D eigenvalue weighted by Crippen LogP contribution is 2.21. The second-order valence-electron chi connectivity index (χ2n) is 4.57. The van der Waals surface area contributed by atoms with Gasteiger partial charge in [0.1, 0.15) is 5.82 Å². The molecule has 0 bridgehead atoms. The van der Waals surface area contributed by atoms with E-state index in [0.29, 0.717) is 28.4 Å². The number of halogens is 2. The number of rotatable bonds is 4. The minimum atomic E-state index is -0.307. The second kappa shape index (κ2) is 6.21. The summed E-state index contributed by atoms with van der Waals surface area (Å²) in [6.07, 6.45) is 1.69. The van der Waals surface area contributed by atoms with Crippen LogP contribution in [0, 0.1) is 5.82 Å². The van der Waals surface area contributed by atoms with E-state index in [1.165, 1.54) is 12.1 Å². The summed E-state index contributed by atoms with van der Waals surface area (Å²) in [5, 5.41) is 3.29. The summed E-state index contributed by atoms with van der Waals surface area (Å²) in [4.78, 5) is 8.63. The van der Waals surface area contributed by atoms with Gasteiger partial charge in [0.25, 0.3) is 0 Å². The lowest BCUT2D eigenvalue weighted by Gasteiger charge is -2.08. The monoisotopic (exact) mass is 323 g/mol. The molecule has 3 nitrogen and oxygen atoms in total. The van der Waals surface area contributed by atoms with Crippen LogP contribution in [0.4, 0.5) is 4.39 Å². The molecule has 0 spiro atoms. The lowest BCUT2D eigenvalue weighted by Crippen LogP contribution is -2.22. The van der Waals surface area contributed by atoms with Crippen LogP contribution in [0.5, 0.6) is 0 Å². The fourth-order valence-corrected chi connectivity index (χ4v) is 2.09. The molecule has 2 rings (SSSR count). The lowest BCUT2D eigenvalue weighted by atomic mass is 10.2. The van der Waals surface area contributed by atoms with Crippen molar-refractivity contribution in [3.05, 3.63) is 46.4 Å². The van der Waals surface area contributed by atoms with Gasteiger partial charge in [0.15, 0.2) is 5.82 Å². The van der Waals surface area contributed by atoms with E-state index < -0.39 is 0 Å². The molecule has 0 aliphatic rings. The first-order valence-electron chi connectivity index (χ1n) is 6.06. The number of aromatic nitrogens is 2. The first kappa shape index (κ1) is 14.1. The van der Waals surface area contributed by atoms with Gasteiger partial charge in [0.05, 0.1) is 5.69 Å². The van der Waals surface area contributed by atoms with Gasteiger partial charge in [-0.2, -0.15) is 0 Å². The quantitative estimate of drug-likeness (QED) is 0.935. The molecule has 0 amide bonds. The third-order valence-corrected chi connectivity index (χ3v) is 2.98. The molecule has 5 heteroatoms. The molecule has 2 aromatic rings. The standard InChI is InChI=1S/C14H15BrFN3/c1-9(2)18-8-13-3-4-17-14(19-13)10-5-11(15)7-12(16)6-10/h3-7,9,18H,8H2,1-2H3. The molecule has 0 aliphatic heterocycles. The van der Waals surface area contributed by atoms with Gasteiger partial charge < -0.3 is 5.32 Å². The van der Waals surface area contributed by atoms with Gasteiger partial charge in [0.2, 0.25) is 0 Å². The van der Waals surface area contributed by atoms with E-state index >= 15 is 0 Å². The molecule has 0 saturated heterocycles. The number of hydrogen-bond acceptors (Lipinski definition) is 3. The van der Waals surface area contributed by atoms with Gasteiger partial charge in [-0.15, -0.1) is 0 Å². The van der Waals surface area contributed by atoms with Gasteiger partial charge in [-0.3, -0.25) is 0 Å². The summed E-state index contributed by atoms with van der Waals surface area (Å²) in [5.74, 6) is 0.224. The molecule has 1 aromatic heterocycles. The predicted octanol–water partition coefficient (Wildman–Crippen LogP) is 3.54. The molecule has 0 fully saturated rings. The molecule has 19 heavy (non-hydrogen) atoms. The van der Waals surface area contributed by atoms with E-state index in [2.05, 4.69) is 45.1 Å². The summed E-state index contributed by atoms with van der Waals surface area (Å²) in [7, 11) is 0. The van der Waals surface area contributed by atoms with Crippen molar-refractivity contribution in [3.8, 4) is 11.4 Å². The Balaban J connectivity index is 2.27. The molecule has 0 aliphatic carbocycles. The normalized spacial score (nSPS) is 11.0. The van der Waals surface area contributed by atoms with E-state index in [0.717, 1.165) is 5.69 Å². The number of nitrogens with one attached hydrogen (secondary N) is 1. The van der Waals surface area contributed by atoms with Crippen molar-refractivity contribution in [2.45, 2.75) is 26.4 Å². The van der Waals surface area contributed by atoms with Gasteiger partial charge >= 0.3 is 0 Å². The van der Waals surface area contributed by atoms with Crippen LogP contribution in [-0.2, 0) is 6.54 Å². The first-order chi connectivity index (χ1) is 9.04. The maximum Gasteiger partial charge on any atom is 0.159 e. The van der Waals surface area contributed by atoms with Crippen LogP contribution in [0.15, 0.2) is 34.9 Å². The van der Waals surface area contributed by atoms with Crippen molar-refractivity contribution in [1.82, 2.24) is 15.3 Å². The van der Waals surface area contributed by atoms with Crippen LogP contribution in [0.25, 0.3) is 11.4 Å². The van der Waals surface area contributed by atoms with Crippen molar-refractivity contribution in [1.29, 1.82) is 0 Å². The van der Waals surface area contributed by atoms with E-state index in [1.807, 2.05) is 6.07 Å². The lowest BCUT2D eigenvalue weighted by molar-refractivity contribution is 0.581. The number of hydrogen-bond donors (Lipinski definition) is 1. The van der Waals surface area contributed by atoms with Crippen LogP contribution >= 0.6 is 15.9 Å². The van der Waals surface area contributed by atoms with E-state index in [1.54, 1.807) is 12.3 Å². The molecule has 0 atom stereocenters. The molecular weight excluding hydrogens is 309 g/mol. The summed E-state index contributed by atoms with van der Waals surface area (Å²) < 4.78 is 14.0. The zero-order valence-electron chi connectivity index (χ0n) is 10.8. The highest BCUT2D eigenvalue weighted by Gasteiger charge is 2.06. The van der Waals surface area contributed by atoms with E-state index in [-0.39, 0.29) is 5.82 Å².